The third-order valence-corrected chi connectivity index (χ3v) is 5.50. The molecule has 1 heterocycles. The minimum Gasteiger partial charge on any atom is -0.481 e. The maximum absolute atomic E-state index is 10.1. The van der Waals surface area contributed by atoms with E-state index in [-0.39, 0.29) is 23.8 Å². The van der Waals surface area contributed by atoms with Crippen LogP contribution in [0.2, 0.25) is 0 Å². The van der Waals surface area contributed by atoms with Gasteiger partial charge in [-0.2, -0.15) is 5.06 Å². The van der Waals surface area contributed by atoms with E-state index < -0.39 is 11.9 Å². The number of hydrogen-bond donors (Lipinski definition) is 3. The fourth-order valence-electron chi connectivity index (χ4n) is 2.87. The molecule has 0 spiro atoms. The van der Waals surface area contributed by atoms with Crippen molar-refractivity contribution in [3.8, 4) is 0 Å². The summed E-state index contributed by atoms with van der Waals surface area (Å²) in [5, 5.41) is 27.8. The topological polar surface area (TPSA) is 98.1 Å². The number of nitrogens with zero attached hydrogens (tertiary/aromatic N) is 1. The molecule has 6 nitrogen and oxygen atoms in total. The summed E-state index contributed by atoms with van der Waals surface area (Å²) in [7, 11) is 0. The van der Waals surface area contributed by atoms with Gasteiger partial charge >= 0.3 is 11.9 Å². The van der Waals surface area contributed by atoms with Crippen LogP contribution in [0, 0.1) is 5.41 Å². The fourth-order valence-corrected chi connectivity index (χ4v) is 2.87. The Morgan fingerprint density at radius 3 is 1.56 bits per heavy atom. The Morgan fingerprint density at radius 2 is 1.24 bits per heavy atom. The van der Waals surface area contributed by atoms with E-state index in [0.29, 0.717) is 0 Å². The predicted molar refractivity (Wildman–Crippen MR) is 97.8 cm³/mol. The number of piperidine rings is 1. The molecule has 0 atom stereocenters. The Labute approximate surface area is 152 Å². The molecule has 1 fully saturated rings. The first-order valence-corrected chi connectivity index (χ1v) is 9.41. The maximum Gasteiger partial charge on any atom is 0.303 e. The van der Waals surface area contributed by atoms with Gasteiger partial charge in [-0.1, -0.05) is 39.5 Å². The zero-order valence-electron chi connectivity index (χ0n) is 16.4. The van der Waals surface area contributed by atoms with Crippen LogP contribution in [0.25, 0.3) is 0 Å². The Bertz CT molecular complexity index is 387. The summed E-state index contributed by atoms with van der Waals surface area (Å²) in [6.07, 6.45) is 8.13. The lowest BCUT2D eigenvalue weighted by Gasteiger charge is -2.50. The highest BCUT2D eigenvalue weighted by atomic mass is 16.5. The number of hydrogen-bond acceptors (Lipinski definition) is 4. The Hall–Kier alpha value is -1.14. The minimum absolute atomic E-state index is 0.0781. The number of carboxylic acid groups (broad SMARTS) is 2. The first-order valence-electron chi connectivity index (χ1n) is 9.41. The van der Waals surface area contributed by atoms with Crippen LogP contribution >= 0.6 is 0 Å². The van der Waals surface area contributed by atoms with Gasteiger partial charge in [0.25, 0.3) is 0 Å². The SMILES string of the molecule is CC1(C)CCCN(O)C1(C)C.O=C(O)CCCCCCCCC(=O)O. The lowest BCUT2D eigenvalue weighted by Crippen LogP contribution is -2.56. The zero-order valence-corrected chi connectivity index (χ0v) is 16.4. The second-order valence-corrected chi connectivity index (χ2v) is 8.08. The van der Waals surface area contributed by atoms with Gasteiger partial charge in [-0.15, -0.1) is 0 Å². The van der Waals surface area contributed by atoms with Crippen molar-refractivity contribution in [2.75, 3.05) is 6.54 Å². The van der Waals surface area contributed by atoms with Gasteiger partial charge in [0.1, 0.15) is 0 Å². The van der Waals surface area contributed by atoms with Gasteiger partial charge in [0.15, 0.2) is 0 Å². The first-order chi connectivity index (χ1) is 11.5. The van der Waals surface area contributed by atoms with Crippen LogP contribution in [-0.4, -0.2) is 44.5 Å². The standard InChI is InChI=1S/C10H18O4.C9H19NO/c11-9(12)7-5-3-1-2-4-6-8-10(13)14;1-8(2)6-5-7-10(11)9(8,3)4/h1-8H2,(H,11,12)(H,13,14);11H,5-7H2,1-4H3. The fraction of sp³-hybridized carbons (Fsp3) is 0.895. The molecule has 0 aliphatic carbocycles. The number of carboxylic acids is 2. The van der Waals surface area contributed by atoms with Crippen molar-refractivity contribution in [1.29, 1.82) is 0 Å². The summed E-state index contributed by atoms with van der Waals surface area (Å²) in [6.45, 7) is 9.46. The molecule has 6 heteroatoms. The number of unbranched alkanes of at least 4 members (excludes halogenated alkanes) is 5. The summed E-state index contributed by atoms with van der Waals surface area (Å²) in [4.78, 5) is 20.3. The van der Waals surface area contributed by atoms with Crippen LogP contribution in [0.15, 0.2) is 0 Å². The number of rotatable bonds is 9. The number of aliphatic carboxylic acids is 2. The summed E-state index contributed by atoms with van der Waals surface area (Å²) in [5.74, 6) is -1.48. The Morgan fingerprint density at radius 1 is 0.840 bits per heavy atom. The molecule has 0 saturated carbocycles. The van der Waals surface area contributed by atoms with Crippen LogP contribution in [0.4, 0.5) is 0 Å². The predicted octanol–water partition coefficient (Wildman–Crippen LogP) is 4.55. The van der Waals surface area contributed by atoms with Crippen molar-refractivity contribution in [3.05, 3.63) is 0 Å². The summed E-state index contributed by atoms with van der Waals surface area (Å²) in [5.41, 5.74) is 0.144. The van der Waals surface area contributed by atoms with Crippen molar-refractivity contribution < 1.29 is 25.0 Å². The monoisotopic (exact) mass is 359 g/mol. The molecule has 1 rings (SSSR count). The molecule has 0 amide bonds. The van der Waals surface area contributed by atoms with Crippen molar-refractivity contribution >= 4 is 11.9 Å². The van der Waals surface area contributed by atoms with Crippen molar-refractivity contribution in [2.24, 2.45) is 5.41 Å². The molecule has 1 saturated heterocycles. The molecule has 0 aromatic heterocycles. The van der Waals surface area contributed by atoms with Crippen molar-refractivity contribution in [1.82, 2.24) is 5.06 Å². The zero-order chi connectivity index (χ0) is 19.5. The van der Waals surface area contributed by atoms with E-state index in [0.717, 1.165) is 51.5 Å². The third-order valence-electron chi connectivity index (χ3n) is 5.50. The first kappa shape index (κ1) is 23.9. The van der Waals surface area contributed by atoms with E-state index in [1.807, 2.05) is 0 Å². The number of hydroxylamine groups is 2. The number of carbonyl (C=O) groups is 2. The highest BCUT2D eigenvalue weighted by Crippen LogP contribution is 2.42. The lowest BCUT2D eigenvalue weighted by atomic mass is 9.69. The molecule has 1 aliphatic rings. The van der Waals surface area contributed by atoms with E-state index in [1.54, 1.807) is 0 Å². The highest BCUT2D eigenvalue weighted by Gasteiger charge is 2.43. The molecular formula is C19H37NO5. The summed E-state index contributed by atoms with van der Waals surface area (Å²) >= 11 is 0. The van der Waals surface area contributed by atoms with Crippen molar-refractivity contribution in [3.63, 3.8) is 0 Å². The van der Waals surface area contributed by atoms with Crippen LogP contribution in [-0.2, 0) is 9.59 Å². The smallest absolute Gasteiger partial charge is 0.303 e. The average Bonchev–Trinajstić information content (AvgIpc) is 2.48. The Balaban J connectivity index is 0.000000472. The Kier molecular flexibility index (Phi) is 10.9. The van der Waals surface area contributed by atoms with Gasteiger partial charge in [0.2, 0.25) is 0 Å². The molecule has 0 aromatic rings. The third kappa shape index (κ3) is 9.80. The molecular weight excluding hydrogens is 322 g/mol. The second kappa shape index (κ2) is 11.5. The largest absolute Gasteiger partial charge is 0.481 e. The molecule has 148 valence electrons. The normalized spacial score (nSPS) is 18.9. The minimum atomic E-state index is -0.740. The van der Waals surface area contributed by atoms with Crippen LogP contribution in [0.5, 0.6) is 0 Å². The maximum atomic E-state index is 10.1. The van der Waals surface area contributed by atoms with Crippen LogP contribution in [0.1, 0.15) is 91.9 Å². The van der Waals surface area contributed by atoms with Gasteiger partial charge < -0.3 is 15.4 Å². The highest BCUT2D eigenvalue weighted by molar-refractivity contribution is 5.66. The molecule has 0 unspecified atom stereocenters. The van der Waals surface area contributed by atoms with Gasteiger partial charge in [0.05, 0.1) is 0 Å². The summed E-state index contributed by atoms with van der Waals surface area (Å²) in [6, 6.07) is 0. The van der Waals surface area contributed by atoms with Crippen molar-refractivity contribution in [2.45, 2.75) is 97.4 Å². The quantitative estimate of drug-likeness (QED) is 0.522. The molecule has 25 heavy (non-hydrogen) atoms. The van der Waals surface area contributed by atoms with E-state index >= 15 is 0 Å². The van der Waals surface area contributed by atoms with Gasteiger partial charge in [-0.3, -0.25) is 9.59 Å². The average molecular weight is 360 g/mol. The molecule has 0 radical (unpaired) electrons. The van der Waals surface area contributed by atoms with Gasteiger partial charge in [0, 0.05) is 24.9 Å². The lowest BCUT2D eigenvalue weighted by molar-refractivity contribution is -0.218. The summed E-state index contributed by atoms with van der Waals surface area (Å²) < 4.78 is 0. The van der Waals surface area contributed by atoms with E-state index in [4.69, 9.17) is 10.2 Å². The molecule has 3 N–H and O–H groups in total. The van der Waals surface area contributed by atoms with E-state index in [1.165, 1.54) is 11.5 Å². The van der Waals surface area contributed by atoms with E-state index in [9.17, 15) is 14.8 Å². The van der Waals surface area contributed by atoms with Crippen LogP contribution < -0.4 is 0 Å². The molecule has 0 bridgehead atoms. The molecule has 1 aliphatic heterocycles. The van der Waals surface area contributed by atoms with E-state index in [2.05, 4.69) is 27.7 Å². The van der Waals surface area contributed by atoms with Gasteiger partial charge in [-0.25, -0.2) is 0 Å². The molecule has 0 aromatic carbocycles. The van der Waals surface area contributed by atoms with Crippen LogP contribution in [0.3, 0.4) is 0 Å². The van der Waals surface area contributed by atoms with Gasteiger partial charge in [-0.05, 0) is 44.9 Å². The second-order valence-electron chi connectivity index (χ2n) is 8.08.